The molecule has 29 heavy (non-hydrogen) atoms. The highest BCUT2D eigenvalue weighted by molar-refractivity contribution is 6.06. The summed E-state index contributed by atoms with van der Waals surface area (Å²) in [7, 11) is 1.47. The summed E-state index contributed by atoms with van der Waals surface area (Å²) in [6.07, 6.45) is 3.65. The number of carbonyl (C=O) groups is 2. The van der Waals surface area contributed by atoms with Gasteiger partial charge in [0, 0.05) is 24.8 Å². The fourth-order valence-electron chi connectivity index (χ4n) is 3.09. The molecule has 0 fully saturated rings. The fourth-order valence-corrected chi connectivity index (χ4v) is 3.09. The molecule has 0 aliphatic heterocycles. The highest BCUT2D eigenvalue weighted by Gasteiger charge is 2.17. The molecule has 4 rings (SSSR count). The first-order valence-electron chi connectivity index (χ1n) is 8.85. The molecule has 2 aromatic carbocycles. The van der Waals surface area contributed by atoms with Gasteiger partial charge in [0.05, 0.1) is 16.6 Å². The molecule has 144 valence electrons. The number of benzene rings is 2. The van der Waals surface area contributed by atoms with E-state index in [1.807, 2.05) is 30.6 Å². The Labute approximate surface area is 165 Å². The molecule has 2 amide bonds. The van der Waals surface area contributed by atoms with Gasteiger partial charge in [0.25, 0.3) is 17.4 Å². The molecule has 2 heterocycles. The number of hydrogen-bond donors (Lipinski definition) is 2. The molecule has 0 atom stereocenters. The number of para-hydroxylation sites is 1. The third-order valence-corrected chi connectivity index (χ3v) is 4.49. The zero-order valence-corrected chi connectivity index (χ0v) is 15.5. The standard InChI is InChI=1S/C21H17N5O3/c1-25-21(29)15-9-3-2-8-14(15)18(24-25)20(28)23-22-19(27)16-10-4-5-11-17(16)26-12-6-7-13-26/h2-13H,1H3,(H,22,27)(H,23,28). The summed E-state index contributed by atoms with van der Waals surface area (Å²) in [5.74, 6) is -1.10. The molecule has 0 radical (unpaired) electrons. The number of rotatable bonds is 3. The van der Waals surface area contributed by atoms with Crippen molar-refractivity contribution >= 4 is 22.6 Å². The van der Waals surface area contributed by atoms with Crippen molar-refractivity contribution in [2.45, 2.75) is 0 Å². The molecule has 8 nitrogen and oxygen atoms in total. The topological polar surface area (TPSA) is 98.0 Å². The van der Waals surface area contributed by atoms with Crippen LogP contribution >= 0.6 is 0 Å². The van der Waals surface area contributed by atoms with Gasteiger partial charge in [0.1, 0.15) is 0 Å². The van der Waals surface area contributed by atoms with Gasteiger partial charge in [-0.05, 0) is 30.3 Å². The molecular formula is C21H17N5O3. The van der Waals surface area contributed by atoms with Crippen molar-refractivity contribution in [3.05, 3.63) is 94.7 Å². The minimum absolute atomic E-state index is 0.0432. The van der Waals surface area contributed by atoms with E-state index in [4.69, 9.17) is 0 Å². The summed E-state index contributed by atoms with van der Waals surface area (Å²) in [4.78, 5) is 37.5. The largest absolute Gasteiger partial charge is 0.323 e. The summed E-state index contributed by atoms with van der Waals surface area (Å²) >= 11 is 0. The molecule has 0 spiro atoms. The minimum Gasteiger partial charge on any atom is -0.323 e. The highest BCUT2D eigenvalue weighted by atomic mass is 16.2. The first-order chi connectivity index (χ1) is 14.1. The van der Waals surface area contributed by atoms with Gasteiger partial charge in [0.15, 0.2) is 5.69 Å². The smallest absolute Gasteiger partial charge is 0.290 e. The van der Waals surface area contributed by atoms with Crippen LogP contribution in [0.15, 0.2) is 77.9 Å². The van der Waals surface area contributed by atoms with E-state index >= 15 is 0 Å². The Bertz CT molecular complexity index is 1280. The number of hydrazine groups is 1. The molecule has 0 bridgehead atoms. The highest BCUT2D eigenvalue weighted by Crippen LogP contribution is 2.15. The Morgan fingerprint density at radius 2 is 1.45 bits per heavy atom. The minimum atomic E-state index is -0.622. The SMILES string of the molecule is Cn1nc(C(=O)NNC(=O)c2ccccc2-n2cccc2)c2ccccc2c1=O. The van der Waals surface area contributed by atoms with Crippen LogP contribution in [0.5, 0.6) is 0 Å². The Morgan fingerprint density at radius 3 is 2.21 bits per heavy atom. The van der Waals surface area contributed by atoms with Crippen LogP contribution in [0, 0.1) is 0 Å². The maximum Gasteiger partial charge on any atom is 0.290 e. The maximum atomic E-state index is 12.7. The van der Waals surface area contributed by atoms with Crippen LogP contribution in [-0.2, 0) is 7.05 Å². The van der Waals surface area contributed by atoms with Crippen molar-refractivity contribution in [3.8, 4) is 5.69 Å². The number of hydrogen-bond acceptors (Lipinski definition) is 4. The number of nitrogens with one attached hydrogen (secondary N) is 2. The van der Waals surface area contributed by atoms with Crippen LogP contribution in [0.3, 0.4) is 0 Å². The summed E-state index contributed by atoms with van der Waals surface area (Å²) in [5, 5.41) is 4.83. The molecule has 2 N–H and O–H groups in total. The van der Waals surface area contributed by atoms with Gasteiger partial charge >= 0.3 is 0 Å². The number of amides is 2. The molecule has 0 saturated heterocycles. The number of nitrogens with zero attached hydrogens (tertiary/aromatic N) is 3. The predicted molar refractivity (Wildman–Crippen MR) is 108 cm³/mol. The summed E-state index contributed by atoms with van der Waals surface area (Å²) in [6, 6.07) is 17.4. The second-order valence-electron chi connectivity index (χ2n) is 6.34. The molecule has 2 aromatic heterocycles. The molecule has 4 aromatic rings. The van der Waals surface area contributed by atoms with Gasteiger partial charge in [-0.2, -0.15) is 5.10 Å². The van der Waals surface area contributed by atoms with Gasteiger partial charge in [-0.3, -0.25) is 25.2 Å². The third-order valence-electron chi connectivity index (χ3n) is 4.49. The molecule has 8 heteroatoms. The third kappa shape index (κ3) is 3.39. The number of carbonyl (C=O) groups excluding carboxylic acids is 2. The van der Waals surface area contributed by atoms with E-state index < -0.39 is 11.8 Å². The normalized spacial score (nSPS) is 10.7. The fraction of sp³-hybridized carbons (Fsp3) is 0.0476. The van der Waals surface area contributed by atoms with Gasteiger partial charge in [-0.1, -0.05) is 30.3 Å². The van der Waals surface area contributed by atoms with Gasteiger partial charge in [-0.25, -0.2) is 4.68 Å². The Morgan fingerprint density at radius 1 is 0.828 bits per heavy atom. The second kappa shape index (κ2) is 7.43. The summed E-state index contributed by atoms with van der Waals surface area (Å²) < 4.78 is 2.90. The lowest BCUT2D eigenvalue weighted by atomic mass is 10.1. The van der Waals surface area contributed by atoms with Crippen molar-refractivity contribution in [2.75, 3.05) is 0 Å². The monoisotopic (exact) mass is 387 g/mol. The van der Waals surface area contributed by atoms with Gasteiger partial charge in [-0.15, -0.1) is 0 Å². The van der Waals surface area contributed by atoms with Crippen molar-refractivity contribution in [1.29, 1.82) is 0 Å². The van der Waals surface area contributed by atoms with Crippen LogP contribution in [-0.4, -0.2) is 26.2 Å². The summed E-state index contributed by atoms with van der Waals surface area (Å²) in [6.45, 7) is 0. The molecule has 0 aliphatic rings. The second-order valence-corrected chi connectivity index (χ2v) is 6.34. The Balaban J connectivity index is 1.59. The average molecular weight is 387 g/mol. The zero-order chi connectivity index (χ0) is 20.4. The van der Waals surface area contributed by atoms with E-state index in [-0.39, 0.29) is 11.3 Å². The molecule has 0 aliphatic carbocycles. The number of fused-ring (bicyclic) bond motifs is 1. The van der Waals surface area contributed by atoms with Crippen molar-refractivity contribution in [1.82, 2.24) is 25.2 Å². The quantitative estimate of drug-likeness (QED) is 0.524. The van der Waals surface area contributed by atoms with E-state index in [0.29, 0.717) is 22.0 Å². The van der Waals surface area contributed by atoms with Crippen LogP contribution in [0.4, 0.5) is 0 Å². The van der Waals surface area contributed by atoms with E-state index in [2.05, 4.69) is 16.0 Å². The van der Waals surface area contributed by atoms with E-state index in [9.17, 15) is 14.4 Å². The van der Waals surface area contributed by atoms with Crippen LogP contribution in [0.1, 0.15) is 20.8 Å². The Hall–Kier alpha value is -4.20. The van der Waals surface area contributed by atoms with E-state index in [1.54, 1.807) is 47.0 Å². The zero-order valence-electron chi connectivity index (χ0n) is 15.5. The van der Waals surface area contributed by atoms with Gasteiger partial charge < -0.3 is 4.57 Å². The van der Waals surface area contributed by atoms with Gasteiger partial charge in [0.2, 0.25) is 0 Å². The van der Waals surface area contributed by atoms with E-state index in [0.717, 1.165) is 4.68 Å². The van der Waals surface area contributed by atoms with Crippen molar-refractivity contribution in [3.63, 3.8) is 0 Å². The lowest BCUT2D eigenvalue weighted by Gasteiger charge is -2.12. The maximum absolute atomic E-state index is 12.7. The lowest BCUT2D eigenvalue weighted by Crippen LogP contribution is -2.43. The summed E-state index contributed by atoms with van der Waals surface area (Å²) in [5.41, 5.74) is 5.61. The molecule has 0 unspecified atom stereocenters. The first-order valence-corrected chi connectivity index (χ1v) is 8.85. The van der Waals surface area contributed by atoms with Crippen LogP contribution in [0.2, 0.25) is 0 Å². The first kappa shape index (κ1) is 18.2. The molecule has 0 saturated carbocycles. The number of aryl methyl sites for hydroxylation is 1. The average Bonchev–Trinajstić information content (AvgIpc) is 3.29. The lowest BCUT2D eigenvalue weighted by molar-refractivity contribution is 0.0843. The van der Waals surface area contributed by atoms with E-state index in [1.165, 1.54) is 7.05 Å². The Kier molecular flexibility index (Phi) is 4.66. The van der Waals surface area contributed by atoms with Crippen LogP contribution in [0.25, 0.3) is 16.5 Å². The van der Waals surface area contributed by atoms with Crippen LogP contribution < -0.4 is 16.4 Å². The number of aromatic nitrogens is 3. The van der Waals surface area contributed by atoms with Crippen molar-refractivity contribution < 1.29 is 9.59 Å². The molecular weight excluding hydrogens is 370 g/mol. The predicted octanol–water partition coefficient (Wildman–Crippen LogP) is 1.80. The van der Waals surface area contributed by atoms with Crippen molar-refractivity contribution in [2.24, 2.45) is 7.05 Å².